The highest BCUT2D eigenvalue weighted by atomic mass is 32.2. The van der Waals surface area contributed by atoms with E-state index in [0.29, 0.717) is 19.0 Å². The Labute approximate surface area is 179 Å². The Bertz CT molecular complexity index is 1110. The van der Waals surface area contributed by atoms with Gasteiger partial charge in [-0.3, -0.25) is 4.98 Å². The number of sulfonamides is 1. The molecule has 7 heteroatoms. The van der Waals surface area contributed by atoms with Gasteiger partial charge in [0.2, 0.25) is 10.0 Å². The van der Waals surface area contributed by atoms with Crippen LogP contribution in [0.25, 0.3) is 11.0 Å². The van der Waals surface area contributed by atoms with E-state index < -0.39 is 15.4 Å². The van der Waals surface area contributed by atoms with E-state index >= 15 is 0 Å². The molecule has 0 saturated carbocycles. The number of piperidine rings is 1. The minimum absolute atomic E-state index is 0.132. The van der Waals surface area contributed by atoms with E-state index in [1.165, 1.54) is 0 Å². The van der Waals surface area contributed by atoms with Crippen molar-refractivity contribution in [3.05, 3.63) is 60.2 Å². The first kappa shape index (κ1) is 21.0. The molecular formula is C23H30N4O2S. The van der Waals surface area contributed by atoms with Crippen molar-refractivity contribution < 1.29 is 8.42 Å². The van der Waals surface area contributed by atoms with Crippen LogP contribution in [0.3, 0.4) is 0 Å². The zero-order valence-electron chi connectivity index (χ0n) is 18.0. The molecule has 160 valence electrons. The first-order valence-electron chi connectivity index (χ1n) is 10.6. The molecule has 1 aliphatic heterocycles. The van der Waals surface area contributed by atoms with Crippen LogP contribution in [0.4, 0.5) is 0 Å². The molecule has 1 aromatic carbocycles. The average Bonchev–Trinajstić information content (AvgIpc) is 3.04. The van der Waals surface area contributed by atoms with Crippen molar-refractivity contribution in [2.24, 2.45) is 5.92 Å². The maximum atomic E-state index is 13.1. The number of benzene rings is 1. The van der Waals surface area contributed by atoms with E-state index in [9.17, 15) is 8.42 Å². The fraction of sp³-hybridized carbons (Fsp3) is 0.478. The zero-order valence-corrected chi connectivity index (χ0v) is 18.8. The lowest BCUT2D eigenvalue weighted by Crippen LogP contribution is -2.44. The van der Waals surface area contributed by atoms with E-state index in [0.717, 1.165) is 41.8 Å². The summed E-state index contributed by atoms with van der Waals surface area (Å²) in [5.74, 6) is 1.56. The summed E-state index contributed by atoms with van der Waals surface area (Å²) in [4.78, 5) is 8.75. The van der Waals surface area contributed by atoms with Gasteiger partial charge in [0.05, 0.1) is 17.5 Å². The number of hydrogen-bond donors (Lipinski definition) is 0. The van der Waals surface area contributed by atoms with E-state index in [-0.39, 0.29) is 5.75 Å². The van der Waals surface area contributed by atoms with Gasteiger partial charge >= 0.3 is 0 Å². The maximum Gasteiger partial charge on any atom is 0.214 e. The summed E-state index contributed by atoms with van der Waals surface area (Å²) in [6.45, 7) is 8.08. The van der Waals surface area contributed by atoms with Crippen molar-refractivity contribution >= 4 is 21.1 Å². The second kappa shape index (κ2) is 8.12. The number of hydrogen-bond acceptors (Lipinski definition) is 4. The van der Waals surface area contributed by atoms with Crippen LogP contribution in [0.5, 0.6) is 0 Å². The summed E-state index contributed by atoms with van der Waals surface area (Å²) in [7, 11) is -3.31. The number of nitrogens with zero attached hydrogens (tertiary/aromatic N) is 4. The molecule has 3 aromatic rings. The van der Waals surface area contributed by atoms with Crippen molar-refractivity contribution in [2.45, 2.75) is 45.6 Å². The lowest BCUT2D eigenvalue weighted by atomic mass is 9.87. The molecule has 3 heterocycles. The number of aryl methyl sites for hydroxylation is 1. The zero-order chi connectivity index (χ0) is 21.4. The predicted molar refractivity (Wildman–Crippen MR) is 120 cm³/mol. The minimum Gasteiger partial charge on any atom is -0.328 e. The lowest BCUT2D eigenvalue weighted by molar-refractivity contribution is 0.252. The van der Waals surface area contributed by atoms with E-state index in [1.54, 1.807) is 16.7 Å². The monoisotopic (exact) mass is 426 g/mol. The molecule has 0 bridgehead atoms. The van der Waals surface area contributed by atoms with Crippen molar-refractivity contribution in [1.82, 2.24) is 18.8 Å². The van der Waals surface area contributed by atoms with Crippen LogP contribution in [0, 0.1) is 12.8 Å². The van der Waals surface area contributed by atoms with Crippen molar-refractivity contribution in [3.63, 3.8) is 0 Å². The molecule has 0 spiro atoms. The number of fused-ring (bicyclic) bond motifs is 1. The van der Waals surface area contributed by atoms with Crippen LogP contribution >= 0.6 is 0 Å². The van der Waals surface area contributed by atoms with Gasteiger partial charge in [-0.25, -0.2) is 17.7 Å². The van der Waals surface area contributed by atoms with Gasteiger partial charge < -0.3 is 4.57 Å². The number of pyridine rings is 1. The first-order chi connectivity index (χ1) is 14.3. The Morgan fingerprint density at radius 3 is 2.50 bits per heavy atom. The quantitative estimate of drug-likeness (QED) is 0.602. The van der Waals surface area contributed by atoms with E-state index in [2.05, 4.69) is 14.5 Å². The van der Waals surface area contributed by atoms with Crippen LogP contribution < -0.4 is 0 Å². The minimum atomic E-state index is -3.31. The molecule has 0 N–H and O–H groups in total. The molecule has 6 nitrogen and oxygen atoms in total. The molecular weight excluding hydrogens is 396 g/mol. The maximum absolute atomic E-state index is 13.1. The Morgan fingerprint density at radius 1 is 1.10 bits per heavy atom. The molecule has 0 unspecified atom stereocenters. The van der Waals surface area contributed by atoms with Gasteiger partial charge in [-0.05, 0) is 37.3 Å². The summed E-state index contributed by atoms with van der Waals surface area (Å²) >= 11 is 0. The van der Waals surface area contributed by atoms with E-state index in [4.69, 9.17) is 0 Å². The van der Waals surface area contributed by atoms with Gasteiger partial charge in [-0.15, -0.1) is 0 Å². The number of rotatable bonds is 6. The third kappa shape index (κ3) is 4.27. The summed E-state index contributed by atoms with van der Waals surface area (Å²) in [5, 5.41) is 0. The average molecular weight is 427 g/mol. The third-order valence-corrected chi connectivity index (χ3v) is 8.49. The number of aromatic nitrogens is 3. The molecule has 0 amide bonds. The molecule has 1 saturated heterocycles. The summed E-state index contributed by atoms with van der Waals surface area (Å²) < 4.78 is 30.2. The fourth-order valence-electron chi connectivity index (χ4n) is 4.48. The van der Waals surface area contributed by atoms with Gasteiger partial charge in [-0.2, -0.15) is 0 Å². The Balaban J connectivity index is 1.41. The van der Waals surface area contributed by atoms with Crippen molar-refractivity contribution in [2.75, 3.05) is 18.8 Å². The van der Waals surface area contributed by atoms with Crippen LogP contribution in [-0.4, -0.2) is 46.1 Å². The molecule has 4 rings (SSSR count). The van der Waals surface area contributed by atoms with Gasteiger partial charge in [-0.1, -0.05) is 44.2 Å². The van der Waals surface area contributed by atoms with Gasteiger partial charge in [0, 0.05) is 31.2 Å². The molecule has 0 atom stereocenters. The molecule has 2 aromatic heterocycles. The fourth-order valence-corrected chi connectivity index (χ4v) is 6.51. The molecule has 0 aliphatic carbocycles. The molecule has 1 aliphatic rings. The highest BCUT2D eigenvalue weighted by molar-refractivity contribution is 7.89. The van der Waals surface area contributed by atoms with Crippen molar-refractivity contribution in [3.8, 4) is 0 Å². The Morgan fingerprint density at radius 2 is 1.80 bits per heavy atom. The molecule has 30 heavy (non-hydrogen) atoms. The van der Waals surface area contributed by atoms with E-state index in [1.807, 2.05) is 57.2 Å². The highest BCUT2D eigenvalue weighted by Crippen LogP contribution is 2.29. The normalized spacial score (nSPS) is 16.9. The topological polar surface area (TPSA) is 68.1 Å². The van der Waals surface area contributed by atoms with Gasteiger partial charge in [0.25, 0.3) is 0 Å². The van der Waals surface area contributed by atoms with Gasteiger partial charge in [0.15, 0.2) is 0 Å². The predicted octanol–water partition coefficient (Wildman–Crippen LogP) is 3.76. The van der Waals surface area contributed by atoms with Crippen LogP contribution in [0.2, 0.25) is 0 Å². The molecule has 0 radical (unpaired) electrons. The van der Waals surface area contributed by atoms with Crippen LogP contribution in [0.15, 0.2) is 48.8 Å². The second-order valence-corrected chi connectivity index (χ2v) is 11.0. The second-order valence-electron chi connectivity index (χ2n) is 8.98. The third-order valence-electron chi connectivity index (χ3n) is 6.25. The smallest absolute Gasteiger partial charge is 0.214 e. The number of imidazole rings is 1. The summed E-state index contributed by atoms with van der Waals surface area (Å²) in [5.41, 5.74) is 2.65. The summed E-state index contributed by atoms with van der Waals surface area (Å²) in [6.07, 6.45) is 5.33. The highest BCUT2D eigenvalue weighted by Gasteiger charge is 2.34. The molecule has 1 fully saturated rings. The SMILES string of the molecule is Cc1nc2cnccc2n1CC1CCN(S(=O)(=O)CC(C)(C)c2ccccc2)CC1. The van der Waals surface area contributed by atoms with Crippen LogP contribution in [0.1, 0.15) is 38.1 Å². The largest absolute Gasteiger partial charge is 0.328 e. The first-order valence-corrected chi connectivity index (χ1v) is 12.2. The standard InChI is InChI=1S/C23H30N4O2S/c1-18-25-21-15-24-12-9-22(21)27(18)16-19-10-13-26(14-11-19)30(28,29)17-23(2,3)20-7-5-4-6-8-20/h4-9,12,15,19H,10-11,13-14,16-17H2,1-3H3. The van der Waals surface area contributed by atoms with Gasteiger partial charge in [0.1, 0.15) is 11.3 Å². The summed E-state index contributed by atoms with van der Waals surface area (Å²) in [6, 6.07) is 11.9. The van der Waals surface area contributed by atoms with Crippen molar-refractivity contribution in [1.29, 1.82) is 0 Å². The Kier molecular flexibility index (Phi) is 5.68. The Hall–Kier alpha value is -2.25. The van der Waals surface area contributed by atoms with Crippen LogP contribution in [-0.2, 0) is 22.0 Å². The lowest BCUT2D eigenvalue weighted by Gasteiger charge is -2.34.